The van der Waals surface area contributed by atoms with E-state index in [2.05, 4.69) is 25.5 Å². The van der Waals surface area contributed by atoms with Crippen LogP contribution in [0.3, 0.4) is 0 Å². The average molecular weight is 438 g/mol. The molecule has 0 aliphatic carbocycles. The second kappa shape index (κ2) is 10.8. The molecule has 2 N–H and O–H groups in total. The number of guanidine groups is 1. The van der Waals surface area contributed by atoms with Gasteiger partial charge < -0.3 is 19.8 Å². The van der Waals surface area contributed by atoms with Crippen molar-refractivity contribution in [1.82, 2.24) is 20.5 Å². The van der Waals surface area contributed by atoms with Gasteiger partial charge in [0.1, 0.15) is 17.3 Å². The lowest BCUT2D eigenvalue weighted by Gasteiger charge is -2.26. The zero-order valence-corrected chi connectivity index (χ0v) is 18.1. The summed E-state index contributed by atoms with van der Waals surface area (Å²) in [4.78, 5) is 11.1. The van der Waals surface area contributed by atoms with Crippen molar-refractivity contribution in [2.45, 2.75) is 25.4 Å². The molecular weight excluding hydrogens is 409 g/mol. The summed E-state index contributed by atoms with van der Waals surface area (Å²) >= 11 is 0. The molecule has 1 unspecified atom stereocenters. The molecule has 1 aliphatic rings. The molecule has 0 spiro atoms. The van der Waals surface area contributed by atoms with E-state index in [1.54, 1.807) is 31.6 Å². The summed E-state index contributed by atoms with van der Waals surface area (Å²) in [6.07, 6.45) is 5.78. The lowest BCUT2D eigenvalue weighted by atomic mass is 10.2. The van der Waals surface area contributed by atoms with Crippen LogP contribution in [0.2, 0.25) is 0 Å². The molecule has 0 amide bonds. The third-order valence-electron chi connectivity index (χ3n) is 5.45. The van der Waals surface area contributed by atoms with Gasteiger partial charge in [-0.1, -0.05) is 12.1 Å². The van der Waals surface area contributed by atoms with Gasteiger partial charge in [0.05, 0.1) is 12.3 Å². The molecule has 32 heavy (non-hydrogen) atoms. The minimum Gasteiger partial charge on any atom is -0.468 e. The van der Waals surface area contributed by atoms with Crippen LogP contribution in [0.4, 0.5) is 4.39 Å². The molecule has 8 heteroatoms. The maximum Gasteiger partial charge on any atom is 0.224 e. The van der Waals surface area contributed by atoms with E-state index in [-0.39, 0.29) is 11.9 Å². The van der Waals surface area contributed by atoms with E-state index in [4.69, 9.17) is 9.15 Å². The minimum absolute atomic E-state index is 0.149. The summed E-state index contributed by atoms with van der Waals surface area (Å²) < 4.78 is 25.0. The normalized spacial score (nSPS) is 15.5. The molecule has 1 atom stereocenters. The summed E-state index contributed by atoms with van der Waals surface area (Å²) in [5.41, 5.74) is 0.835. The van der Waals surface area contributed by atoms with Gasteiger partial charge in [-0.25, -0.2) is 9.37 Å². The Hall–Kier alpha value is -3.39. The molecular formula is C24H28FN5O2. The van der Waals surface area contributed by atoms with Gasteiger partial charge in [0.2, 0.25) is 5.88 Å². The fourth-order valence-electron chi connectivity index (χ4n) is 3.83. The van der Waals surface area contributed by atoms with Crippen molar-refractivity contribution in [3.63, 3.8) is 0 Å². The number of likely N-dealkylation sites (tertiary alicyclic amines) is 1. The highest BCUT2D eigenvalue weighted by molar-refractivity contribution is 5.79. The van der Waals surface area contributed by atoms with Crippen molar-refractivity contribution in [2.75, 3.05) is 26.7 Å². The number of nitrogens with one attached hydrogen (secondary N) is 2. The Labute approximate surface area is 187 Å². The van der Waals surface area contributed by atoms with Crippen LogP contribution in [0.1, 0.15) is 30.2 Å². The Bertz CT molecular complexity index is 1020. The molecule has 0 saturated carbocycles. The molecule has 0 bridgehead atoms. The van der Waals surface area contributed by atoms with Crippen molar-refractivity contribution in [3.05, 3.63) is 78.1 Å². The Kier molecular flexibility index (Phi) is 7.34. The number of hydrogen-bond donors (Lipinski definition) is 2. The molecule has 1 aliphatic heterocycles. The number of rotatable bonds is 8. The first-order valence-corrected chi connectivity index (χ1v) is 10.8. The molecule has 4 rings (SSSR count). The largest absolute Gasteiger partial charge is 0.468 e. The van der Waals surface area contributed by atoms with E-state index in [9.17, 15) is 4.39 Å². The summed E-state index contributed by atoms with van der Waals surface area (Å²) in [7, 11) is 1.74. The lowest BCUT2D eigenvalue weighted by Crippen LogP contribution is -2.42. The maximum absolute atomic E-state index is 13.5. The van der Waals surface area contributed by atoms with Crippen LogP contribution in [-0.2, 0) is 6.54 Å². The number of ether oxygens (including phenoxy) is 1. The molecule has 1 aromatic carbocycles. The first-order chi connectivity index (χ1) is 15.7. The predicted octanol–water partition coefficient (Wildman–Crippen LogP) is 4.11. The third-order valence-corrected chi connectivity index (χ3v) is 5.45. The summed E-state index contributed by atoms with van der Waals surface area (Å²) in [6, 6.07) is 13.9. The van der Waals surface area contributed by atoms with Crippen LogP contribution in [0, 0.1) is 5.82 Å². The van der Waals surface area contributed by atoms with Crippen molar-refractivity contribution < 1.29 is 13.5 Å². The lowest BCUT2D eigenvalue weighted by molar-refractivity contribution is 0.215. The second-order valence-electron chi connectivity index (χ2n) is 7.61. The first kappa shape index (κ1) is 21.8. The molecule has 3 aromatic rings. The van der Waals surface area contributed by atoms with E-state index in [1.807, 2.05) is 24.3 Å². The standard InChI is InChI=1S/C24H28FN5O2/c1-26-24(29-17-21(22-10-6-14-31-22)30-12-2-3-13-30)28-16-18-7-5-11-27-23(18)32-20-9-4-8-19(25)15-20/h4-11,14-15,21H,2-3,12-13,16-17H2,1H3,(H2,26,28,29). The van der Waals surface area contributed by atoms with Crippen molar-refractivity contribution in [3.8, 4) is 11.6 Å². The fourth-order valence-corrected chi connectivity index (χ4v) is 3.83. The summed E-state index contributed by atoms with van der Waals surface area (Å²) in [5.74, 6) is 2.09. The van der Waals surface area contributed by atoms with E-state index < -0.39 is 0 Å². The minimum atomic E-state index is -0.355. The number of hydrogen-bond acceptors (Lipinski definition) is 5. The van der Waals surface area contributed by atoms with Gasteiger partial charge in [0, 0.05) is 38.0 Å². The highest BCUT2D eigenvalue weighted by Gasteiger charge is 2.25. The summed E-state index contributed by atoms with van der Waals surface area (Å²) in [6.45, 7) is 3.26. The van der Waals surface area contributed by atoms with Crippen LogP contribution < -0.4 is 15.4 Å². The number of halogens is 1. The molecule has 3 heterocycles. The van der Waals surface area contributed by atoms with Crippen molar-refractivity contribution in [1.29, 1.82) is 0 Å². The predicted molar refractivity (Wildman–Crippen MR) is 121 cm³/mol. The Morgan fingerprint density at radius 2 is 2.06 bits per heavy atom. The van der Waals surface area contributed by atoms with Crippen LogP contribution in [0.15, 0.2) is 70.4 Å². The van der Waals surface area contributed by atoms with Crippen molar-refractivity contribution >= 4 is 5.96 Å². The Morgan fingerprint density at radius 3 is 2.81 bits per heavy atom. The van der Waals surface area contributed by atoms with Crippen molar-refractivity contribution in [2.24, 2.45) is 4.99 Å². The number of benzene rings is 1. The van der Waals surface area contributed by atoms with E-state index in [0.717, 1.165) is 24.4 Å². The number of pyridine rings is 1. The third kappa shape index (κ3) is 5.64. The maximum atomic E-state index is 13.5. The average Bonchev–Trinajstić information content (AvgIpc) is 3.52. The molecule has 1 fully saturated rings. The highest BCUT2D eigenvalue weighted by Crippen LogP contribution is 2.25. The highest BCUT2D eigenvalue weighted by atomic mass is 19.1. The Balaban J connectivity index is 1.37. The van der Waals surface area contributed by atoms with E-state index >= 15 is 0 Å². The van der Waals surface area contributed by atoms with Crippen LogP contribution in [-0.4, -0.2) is 42.5 Å². The van der Waals surface area contributed by atoms with Gasteiger partial charge in [0.25, 0.3) is 0 Å². The van der Waals surface area contributed by atoms with Gasteiger partial charge in [-0.3, -0.25) is 9.89 Å². The molecule has 7 nitrogen and oxygen atoms in total. The first-order valence-electron chi connectivity index (χ1n) is 10.8. The second-order valence-corrected chi connectivity index (χ2v) is 7.61. The number of nitrogens with zero attached hydrogens (tertiary/aromatic N) is 3. The smallest absolute Gasteiger partial charge is 0.224 e. The van der Waals surface area contributed by atoms with Gasteiger partial charge in [-0.2, -0.15) is 0 Å². The number of aliphatic imine (C=N–C) groups is 1. The van der Waals surface area contributed by atoms with Crippen LogP contribution >= 0.6 is 0 Å². The SMILES string of the molecule is CN=C(NCc1cccnc1Oc1cccc(F)c1)NCC(c1ccco1)N1CCCC1. The quantitative estimate of drug-likeness (QED) is 0.408. The van der Waals surface area contributed by atoms with Gasteiger partial charge >= 0.3 is 0 Å². The molecule has 1 saturated heterocycles. The summed E-state index contributed by atoms with van der Waals surface area (Å²) in [5, 5.41) is 6.72. The zero-order valence-electron chi connectivity index (χ0n) is 18.1. The topological polar surface area (TPSA) is 74.9 Å². The van der Waals surface area contributed by atoms with Crippen LogP contribution in [0.5, 0.6) is 11.6 Å². The monoisotopic (exact) mass is 437 g/mol. The number of furan rings is 1. The molecule has 2 aromatic heterocycles. The molecule has 0 radical (unpaired) electrons. The van der Waals surface area contributed by atoms with Crippen LogP contribution in [0.25, 0.3) is 0 Å². The fraction of sp³-hybridized carbons (Fsp3) is 0.333. The van der Waals surface area contributed by atoms with Gasteiger partial charge in [0.15, 0.2) is 5.96 Å². The van der Waals surface area contributed by atoms with E-state index in [1.165, 1.54) is 25.0 Å². The Morgan fingerprint density at radius 1 is 1.19 bits per heavy atom. The molecule has 168 valence electrons. The van der Waals surface area contributed by atoms with Gasteiger partial charge in [-0.15, -0.1) is 0 Å². The van der Waals surface area contributed by atoms with E-state index in [0.29, 0.717) is 30.7 Å². The number of aromatic nitrogens is 1. The van der Waals surface area contributed by atoms with Gasteiger partial charge in [-0.05, 0) is 56.3 Å². The zero-order chi connectivity index (χ0) is 22.2.